The van der Waals surface area contributed by atoms with Crippen LogP contribution in [-0.2, 0) is 32.6 Å². The SMILES string of the molecule is CCCNC(=O)[C@H](Cc1ccccc1)N(Cc1ccc(Cl)cc1Cl)C(=O)CN(c1cccc(C)c1C)S(=O)(=O)c1ccc(C)cc1. The number of rotatable bonds is 13. The maximum Gasteiger partial charge on any atom is 0.264 e. The van der Waals surface area contributed by atoms with Crippen molar-refractivity contribution >= 4 is 50.7 Å². The Kier molecular flexibility index (Phi) is 11.9. The van der Waals surface area contributed by atoms with E-state index in [4.69, 9.17) is 23.2 Å². The summed E-state index contributed by atoms with van der Waals surface area (Å²) in [7, 11) is -4.20. The first kappa shape index (κ1) is 35.0. The number of nitrogens with one attached hydrogen (secondary N) is 1. The van der Waals surface area contributed by atoms with Crippen LogP contribution >= 0.6 is 23.2 Å². The lowest BCUT2D eigenvalue weighted by atomic mass is 10.0. The molecule has 0 aliphatic carbocycles. The van der Waals surface area contributed by atoms with Crippen molar-refractivity contribution in [2.24, 2.45) is 0 Å². The minimum atomic E-state index is -4.20. The summed E-state index contributed by atoms with van der Waals surface area (Å²) in [6, 6.07) is 25.3. The summed E-state index contributed by atoms with van der Waals surface area (Å²) in [5.41, 5.74) is 4.30. The fourth-order valence-corrected chi connectivity index (χ4v) is 7.05. The van der Waals surface area contributed by atoms with Gasteiger partial charge in [0.25, 0.3) is 10.0 Å². The second-order valence-electron chi connectivity index (χ2n) is 11.3. The number of carbonyl (C=O) groups excluding carboxylic acids is 2. The van der Waals surface area contributed by atoms with Crippen molar-refractivity contribution in [2.45, 2.75) is 58.0 Å². The zero-order chi connectivity index (χ0) is 33.4. The number of hydrogen-bond donors (Lipinski definition) is 1. The lowest BCUT2D eigenvalue weighted by Gasteiger charge is -2.34. The van der Waals surface area contributed by atoms with E-state index in [-0.39, 0.29) is 23.8 Å². The van der Waals surface area contributed by atoms with Gasteiger partial charge < -0.3 is 10.2 Å². The summed E-state index contributed by atoms with van der Waals surface area (Å²) in [6.45, 7) is 7.37. The largest absolute Gasteiger partial charge is 0.354 e. The lowest BCUT2D eigenvalue weighted by Crippen LogP contribution is -2.53. The van der Waals surface area contributed by atoms with Gasteiger partial charge in [-0.2, -0.15) is 0 Å². The first-order chi connectivity index (χ1) is 21.9. The maximum absolute atomic E-state index is 14.6. The molecule has 0 aliphatic rings. The third-order valence-electron chi connectivity index (χ3n) is 7.91. The molecular weight excluding hydrogens is 641 g/mol. The van der Waals surface area contributed by atoms with Gasteiger partial charge in [0, 0.05) is 29.6 Å². The summed E-state index contributed by atoms with van der Waals surface area (Å²) >= 11 is 12.8. The van der Waals surface area contributed by atoms with E-state index in [1.165, 1.54) is 17.0 Å². The maximum atomic E-state index is 14.6. The highest BCUT2D eigenvalue weighted by atomic mass is 35.5. The monoisotopic (exact) mass is 679 g/mol. The predicted octanol–water partition coefficient (Wildman–Crippen LogP) is 7.28. The Balaban J connectivity index is 1.85. The molecule has 242 valence electrons. The topological polar surface area (TPSA) is 86.8 Å². The fourth-order valence-electron chi connectivity index (χ4n) is 5.11. The van der Waals surface area contributed by atoms with E-state index in [0.717, 1.165) is 26.6 Å². The molecule has 0 unspecified atom stereocenters. The van der Waals surface area contributed by atoms with Gasteiger partial charge in [0.15, 0.2) is 0 Å². The zero-order valence-corrected chi connectivity index (χ0v) is 28.8. The molecule has 0 heterocycles. The molecule has 0 aliphatic heterocycles. The predicted molar refractivity (Wildman–Crippen MR) is 186 cm³/mol. The minimum absolute atomic E-state index is 0.0445. The highest BCUT2D eigenvalue weighted by Crippen LogP contribution is 2.30. The third kappa shape index (κ3) is 8.49. The van der Waals surface area contributed by atoms with E-state index in [2.05, 4.69) is 5.32 Å². The van der Waals surface area contributed by atoms with Crippen molar-refractivity contribution in [3.05, 3.63) is 129 Å². The van der Waals surface area contributed by atoms with Gasteiger partial charge in [-0.1, -0.05) is 96.4 Å². The zero-order valence-electron chi connectivity index (χ0n) is 26.5. The summed E-state index contributed by atoms with van der Waals surface area (Å²) < 4.78 is 29.7. The Bertz CT molecular complexity index is 1780. The van der Waals surface area contributed by atoms with Gasteiger partial charge in [0.1, 0.15) is 12.6 Å². The number of benzene rings is 4. The molecule has 10 heteroatoms. The summed E-state index contributed by atoms with van der Waals surface area (Å²) in [6.07, 6.45) is 0.914. The first-order valence-corrected chi connectivity index (χ1v) is 17.3. The third-order valence-corrected chi connectivity index (χ3v) is 10.3. The van der Waals surface area contributed by atoms with Crippen LogP contribution in [0.1, 0.15) is 41.2 Å². The Labute approximate surface area is 282 Å². The standard InChI is InChI=1S/C36H39Cl2N3O4S/c1-5-20-39-36(43)34(21-28-11-7-6-8-12-28)40(23-29-16-17-30(37)22-32(29)38)35(42)24-41(33-13-9-10-26(3)27(33)4)46(44,45)31-18-14-25(2)15-19-31/h6-19,22,34H,5,20-21,23-24H2,1-4H3,(H,39,43)/t34-/m0/s1. The summed E-state index contributed by atoms with van der Waals surface area (Å²) in [4.78, 5) is 29.9. The molecule has 46 heavy (non-hydrogen) atoms. The summed E-state index contributed by atoms with van der Waals surface area (Å²) in [5.74, 6) is -0.904. The minimum Gasteiger partial charge on any atom is -0.354 e. The van der Waals surface area contributed by atoms with E-state index in [9.17, 15) is 18.0 Å². The molecule has 7 nitrogen and oxygen atoms in total. The number of halogens is 2. The van der Waals surface area contributed by atoms with E-state index in [0.29, 0.717) is 34.3 Å². The number of amides is 2. The quantitative estimate of drug-likeness (QED) is 0.161. The van der Waals surface area contributed by atoms with Crippen LogP contribution in [0.5, 0.6) is 0 Å². The molecule has 0 bridgehead atoms. The van der Waals surface area contributed by atoms with Gasteiger partial charge >= 0.3 is 0 Å². The number of sulfonamides is 1. The van der Waals surface area contributed by atoms with Crippen LogP contribution in [0.25, 0.3) is 0 Å². The molecule has 4 aromatic rings. The molecule has 4 aromatic carbocycles. The molecule has 4 rings (SSSR count). The average molecular weight is 681 g/mol. The second-order valence-corrected chi connectivity index (χ2v) is 14.0. The van der Waals surface area contributed by atoms with Crippen LogP contribution in [-0.4, -0.2) is 44.3 Å². The molecule has 2 amide bonds. The molecule has 0 saturated heterocycles. The van der Waals surface area contributed by atoms with Crippen molar-refractivity contribution in [2.75, 3.05) is 17.4 Å². The number of carbonyl (C=O) groups is 2. The van der Waals surface area contributed by atoms with Crippen LogP contribution in [0.3, 0.4) is 0 Å². The van der Waals surface area contributed by atoms with Crippen molar-refractivity contribution in [1.82, 2.24) is 10.2 Å². The van der Waals surface area contributed by atoms with Crippen LogP contribution in [0.15, 0.2) is 95.9 Å². The number of hydrogen-bond acceptors (Lipinski definition) is 4. The average Bonchev–Trinajstić information content (AvgIpc) is 3.03. The molecule has 1 atom stereocenters. The second kappa shape index (κ2) is 15.6. The Morgan fingerprint density at radius 2 is 1.57 bits per heavy atom. The molecule has 0 saturated carbocycles. The fraction of sp³-hybridized carbons (Fsp3) is 0.278. The molecule has 0 spiro atoms. The van der Waals surface area contributed by atoms with E-state index >= 15 is 0 Å². The molecular formula is C36H39Cl2N3O4S. The van der Waals surface area contributed by atoms with Crippen molar-refractivity contribution in [3.63, 3.8) is 0 Å². The Morgan fingerprint density at radius 3 is 2.22 bits per heavy atom. The van der Waals surface area contributed by atoms with Crippen LogP contribution < -0.4 is 9.62 Å². The normalized spacial score (nSPS) is 12.0. The van der Waals surface area contributed by atoms with E-state index in [1.807, 2.05) is 64.1 Å². The first-order valence-electron chi connectivity index (χ1n) is 15.1. The molecule has 0 radical (unpaired) electrons. The van der Waals surface area contributed by atoms with Crippen molar-refractivity contribution in [1.29, 1.82) is 0 Å². The van der Waals surface area contributed by atoms with Crippen LogP contribution in [0, 0.1) is 20.8 Å². The molecule has 0 aromatic heterocycles. The van der Waals surface area contributed by atoms with E-state index in [1.54, 1.807) is 42.5 Å². The van der Waals surface area contributed by atoms with Crippen molar-refractivity contribution in [3.8, 4) is 0 Å². The highest BCUT2D eigenvalue weighted by Gasteiger charge is 2.35. The number of aryl methyl sites for hydroxylation is 2. The molecule has 1 N–H and O–H groups in total. The smallest absolute Gasteiger partial charge is 0.264 e. The lowest BCUT2D eigenvalue weighted by molar-refractivity contribution is -0.140. The van der Waals surface area contributed by atoms with Crippen LogP contribution in [0.4, 0.5) is 5.69 Å². The van der Waals surface area contributed by atoms with Gasteiger partial charge in [0.2, 0.25) is 11.8 Å². The highest BCUT2D eigenvalue weighted by molar-refractivity contribution is 7.92. The Hall–Kier alpha value is -3.85. The van der Waals surface area contributed by atoms with Gasteiger partial charge in [-0.15, -0.1) is 0 Å². The number of nitrogens with zero attached hydrogens (tertiary/aromatic N) is 2. The number of anilines is 1. The summed E-state index contributed by atoms with van der Waals surface area (Å²) in [5, 5.41) is 3.70. The Morgan fingerprint density at radius 1 is 0.870 bits per heavy atom. The molecule has 0 fully saturated rings. The van der Waals surface area contributed by atoms with Gasteiger partial charge in [-0.3, -0.25) is 13.9 Å². The van der Waals surface area contributed by atoms with Gasteiger partial charge in [-0.05, 0) is 79.8 Å². The van der Waals surface area contributed by atoms with Gasteiger partial charge in [-0.25, -0.2) is 8.42 Å². The van der Waals surface area contributed by atoms with E-state index < -0.39 is 28.5 Å². The van der Waals surface area contributed by atoms with Gasteiger partial charge in [0.05, 0.1) is 10.6 Å². The van der Waals surface area contributed by atoms with Crippen molar-refractivity contribution < 1.29 is 18.0 Å². The van der Waals surface area contributed by atoms with Crippen LogP contribution in [0.2, 0.25) is 10.0 Å².